The van der Waals surface area contributed by atoms with Crippen molar-refractivity contribution in [1.82, 2.24) is 4.90 Å². The Bertz CT molecular complexity index is 752. The fourth-order valence-corrected chi connectivity index (χ4v) is 3.73. The van der Waals surface area contributed by atoms with Crippen LogP contribution in [0, 0.1) is 0 Å². The minimum Gasteiger partial charge on any atom is -0.490 e. The monoisotopic (exact) mass is 406 g/mol. The molecule has 1 aliphatic heterocycles. The number of amides is 1. The molecule has 0 saturated carbocycles. The van der Waals surface area contributed by atoms with E-state index in [0.717, 1.165) is 42.9 Å². The maximum absolute atomic E-state index is 12.2. The number of nitrogens with one attached hydrogen (secondary N) is 1. The molecule has 1 aliphatic rings. The molecule has 4 nitrogen and oxygen atoms in total. The quantitative estimate of drug-likeness (QED) is 0.730. The summed E-state index contributed by atoms with van der Waals surface area (Å²) in [7, 11) is 2.13. The number of hydrogen-bond acceptors (Lipinski definition) is 3. The zero-order chi connectivity index (χ0) is 19.2. The predicted octanol–water partition coefficient (Wildman–Crippen LogP) is 5.04. The fraction of sp³-hybridized carbons (Fsp3) is 0.381. The number of anilines is 1. The molecule has 0 aromatic heterocycles. The number of carbonyl (C=O) groups is 1. The highest BCUT2D eigenvalue weighted by Crippen LogP contribution is 2.26. The summed E-state index contributed by atoms with van der Waals surface area (Å²) < 4.78 is 6.03. The van der Waals surface area contributed by atoms with Crippen LogP contribution in [-0.2, 0) is 11.2 Å². The van der Waals surface area contributed by atoms with E-state index >= 15 is 0 Å². The number of carbonyl (C=O) groups excluding carboxylic acids is 1. The van der Waals surface area contributed by atoms with Crippen molar-refractivity contribution < 1.29 is 9.53 Å². The van der Waals surface area contributed by atoms with Crippen LogP contribution < -0.4 is 10.1 Å². The van der Waals surface area contributed by atoms with Crippen LogP contribution in [-0.4, -0.2) is 37.0 Å². The van der Waals surface area contributed by atoms with Gasteiger partial charge in [0.15, 0.2) is 0 Å². The number of piperidine rings is 1. The van der Waals surface area contributed by atoms with Gasteiger partial charge in [0.1, 0.15) is 11.9 Å². The number of ether oxygens (including phenoxy) is 1. The Hall–Kier alpha value is -1.75. The summed E-state index contributed by atoms with van der Waals surface area (Å²) in [6.45, 7) is 2.13. The van der Waals surface area contributed by atoms with E-state index in [1.54, 1.807) is 18.2 Å². The summed E-state index contributed by atoms with van der Waals surface area (Å²) in [6.07, 6.45) is 3.17. The fourth-order valence-electron chi connectivity index (χ4n) is 3.15. The van der Waals surface area contributed by atoms with Crippen LogP contribution in [0.2, 0.25) is 10.0 Å². The van der Waals surface area contributed by atoms with Crippen LogP contribution in [0.25, 0.3) is 0 Å². The minimum atomic E-state index is -0.0741. The van der Waals surface area contributed by atoms with Crippen molar-refractivity contribution >= 4 is 34.8 Å². The lowest BCUT2D eigenvalue weighted by Crippen LogP contribution is -2.35. The van der Waals surface area contributed by atoms with Crippen LogP contribution in [0.1, 0.15) is 24.8 Å². The highest BCUT2D eigenvalue weighted by atomic mass is 35.5. The van der Waals surface area contributed by atoms with Gasteiger partial charge in [-0.15, -0.1) is 0 Å². The summed E-state index contributed by atoms with van der Waals surface area (Å²) in [5, 5.41) is 4.08. The molecule has 1 saturated heterocycles. The third-order valence-corrected chi connectivity index (χ3v) is 5.48. The molecule has 0 bridgehead atoms. The first-order valence-corrected chi connectivity index (χ1v) is 9.95. The van der Waals surface area contributed by atoms with E-state index in [-0.39, 0.29) is 12.0 Å². The summed E-state index contributed by atoms with van der Waals surface area (Å²) >= 11 is 12.3. The van der Waals surface area contributed by atoms with E-state index < -0.39 is 0 Å². The lowest BCUT2D eigenvalue weighted by Gasteiger charge is -2.29. The van der Waals surface area contributed by atoms with Gasteiger partial charge < -0.3 is 15.0 Å². The average molecular weight is 407 g/mol. The zero-order valence-electron chi connectivity index (χ0n) is 15.4. The molecule has 144 valence electrons. The van der Waals surface area contributed by atoms with Crippen LogP contribution in [0.5, 0.6) is 5.75 Å². The molecule has 0 aliphatic carbocycles. The van der Waals surface area contributed by atoms with Gasteiger partial charge in [0.2, 0.25) is 5.91 Å². The maximum Gasteiger partial charge on any atom is 0.224 e. The zero-order valence-corrected chi connectivity index (χ0v) is 16.9. The molecule has 2 aromatic rings. The SMILES string of the molecule is CN1CCC(Oc2ccc(NC(=O)CCc3c(Cl)cccc3Cl)cc2)CC1. The van der Waals surface area contributed by atoms with Crippen molar-refractivity contribution in [3.8, 4) is 5.75 Å². The molecule has 2 aromatic carbocycles. The van der Waals surface area contributed by atoms with Gasteiger partial charge in [0, 0.05) is 35.2 Å². The molecule has 27 heavy (non-hydrogen) atoms. The Morgan fingerprint density at radius 1 is 1.11 bits per heavy atom. The highest BCUT2D eigenvalue weighted by molar-refractivity contribution is 6.36. The molecule has 0 spiro atoms. The summed E-state index contributed by atoms with van der Waals surface area (Å²) in [5.74, 6) is 0.764. The number of rotatable bonds is 6. The molecule has 0 unspecified atom stereocenters. The molecule has 1 fully saturated rings. The van der Waals surface area contributed by atoms with Gasteiger partial charge in [-0.3, -0.25) is 4.79 Å². The van der Waals surface area contributed by atoms with E-state index in [0.29, 0.717) is 22.9 Å². The number of benzene rings is 2. The van der Waals surface area contributed by atoms with Gasteiger partial charge in [-0.1, -0.05) is 29.3 Å². The van der Waals surface area contributed by atoms with Crippen molar-refractivity contribution in [3.05, 3.63) is 58.1 Å². The van der Waals surface area contributed by atoms with Crippen molar-refractivity contribution in [3.63, 3.8) is 0 Å². The van der Waals surface area contributed by atoms with Gasteiger partial charge in [-0.05, 0) is 68.3 Å². The minimum absolute atomic E-state index is 0.0741. The molecule has 6 heteroatoms. The normalized spacial score (nSPS) is 15.5. The average Bonchev–Trinajstić information content (AvgIpc) is 2.65. The second-order valence-corrected chi connectivity index (χ2v) is 7.71. The Morgan fingerprint density at radius 2 is 1.74 bits per heavy atom. The second-order valence-electron chi connectivity index (χ2n) is 6.89. The van der Waals surface area contributed by atoms with Crippen LogP contribution in [0.4, 0.5) is 5.69 Å². The molecule has 1 amide bonds. The molecule has 0 atom stereocenters. The maximum atomic E-state index is 12.2. The molecular formula is C21H24Cl2N2O2. The smallest absolute Gasteiger partial charge is 0.224 e. The largest absolute Gasteiger partial charge is 0.490 e. The standard InChI is InChI=1S/C21H24Cl2N2O2/c1-25-13-11-17(12-14-25)27-16-7-5-15(6-8-16)24-21(26)10-9-18-19(22)3-2-4-20(18)23/h2-8,17H,9-14H2,1H3,(H,24,26). The van der Waals surface area contributed by atoms with Crippen molar-refractivity contribution in [2.45, 2.75) is 31.8 Å². The first kappa shape index (κ1) is 20.0. The third-order valence-electron chi connectivity index (χ3n) is 4.77. The Morgan fingerprint density at radius 3 is 2.37 bits per heavy atom. The van der Waals surface area contributed by atoms with Gasteiger partial charge in [0.25, 0.3) is 0 Å². The molecular weight excluding hydrogens is 383 g/mol. The van der Waals surface area contributed by atoms with E-state index in [9.17, 15) is 4.79 Å². The summed E-state index contributed by atoms with van der Waals surface area (Å²) in [6, 6.07) is 12.9. The molecule has 0 radical (unpaired) electrons. The number of likely N-dealkylation sites (tertiary alicyclic amines) is 1. The summed E-state index contributed by atoms with van der Waals surface area (Å²) in [4.78, 5) is 14.5. The Kier molecular flexibility index (Phi) is 7.00. The van der Waals surface area contributed by atoms with Crippen molar-refractivity contribution in [2.75, 3.05) is 25.5 Å². The lowest BCUT2D eigenvalue weighted by molar-refractivity contribution is -0.116. The number of hydrogen-bond donors (Lipinski definition) is 1. The van der Waals surface area contributed by atoms with E-state index in [1.165, 1.54) is 0 Å². The molecule has 1 heterocycles. The first-order chi connectivity index (χ1) is 13.0. The lowest BCUT2D eigenvalue weighted by atomic mass is 10.1. The molecule has 3 rings (SSSR count). The topological polar surface area (TPSA) is 41.6 Å². The first-order valence-electron chi connectivity index (χ1n) is 9.19. The van der Waals surface area contributed by atoms with Crippen LogP contribution >= 0.6 is 23.2 Å². The van der Waals surface area contributed by atoms with E-state index in [4.69, 9.17) is 27.9 Å². The van der Waals surface area contributed by atoms with Crippen molar-refractivity contribution in [1.29, 1.82) is 0 Å². The van der Waals surface area contributed by atoms with E-state index in [1.807, 2.05) is 24.3 Å². The second kappa shape index (κ2) is 9.45. The third kappa shape index (κ3) is 5.86. The van der Waals surface area contributed by atoms with Crippen molar-refractivity contribution in [2.24, 2.45) is 0 Å². The van der Waals surface area contributed by atoms with E-state index in [2.05, 4.69) is 17.3 Å². The van der Waals surface area contributed by atoms with Gasteiger partial charge in [0.05, 0.1) is 0 Å². The van der Waals surface area contributed by atoms with Gasteiger partial charge >= 0.3 is 0 Å². The predicted molar refractivity (Wildman–Crippen MR) is 111 cm³/mol. The number of nitrogens with zero attached hydrogens (tertiary/aromatic N) is 1. The Labute approximate surface area is 170 Å². The van der Waals surface area contributed by atoms with Gasteiger partial charge in [-0.2, -0.15) is 0 Å². The van der Waals surface area contributed by atoms with Crippen LogP contribution in [0.15, 0.2) is 42.5 Å². The number of halogens is 2. The molecule has 1 N–H and O–H groups in total. The van der Waals surface area contributed by atoms with Gasteiger partial charge in [-0.25, -0.2) is 0 Å². The summed E-state index contributed by atoms with van der Waals surface area (Å²) in [5.41, 5.74) is 1.55. The van der Waals surface area contributed by atoms with Crippen LogP contribution in [0.3, 0.4) is 0 Å². The Balaban J connectivity index is 1.48. The highest BCUT2D eigenvalue weighted by Gasteiger charge is 2.18.